The van der Waals surface area contributed by atoms with E-state index in [9.17, 15) is 0 Å². The third-order valence-corrected chi connectivity index (χ3v) is 5.91. The smallest absolute Gasteiger partial charge is 0.128 e. The van der Waals surface area contributed by atoms with Gasteiger partial charge in [0.1, 0.15) is 10.8 Å². The number of thiazole rings is 1. The monoisotopic (exact) mass is 372 g/mol. The summed E-state index contributed by atoms with van der Waals surface area (Å²) in [6, 6.07) is 10.2. The van der Waals surface area contributed by atoms with E-state index in [1.54, 1.807) is 18.4 Å². The van der Waals surface area contributed by atoms with Crippen LogP contribution in [0.4, 0.5) is 0 Å². The van der Waals surface area contributed by atoms with Crippen LogP contribution in [-0.4, -0.2) is 12.1 Å². The Morgan fingerprint density at radius 3 is 2.64 bits per heavy atom. The van der Waals surface area contributed by atoms with E-state index in [2.05, 4.69) is 19.1 Å². The normalized spacial score (nSPS) is 11.0. The lowest BCUT2D eigenvalue weighted by molar-refractivity contribution is 0.415. The van der Waals surface area contributed by atoms with Gasteiger partial charge in [-0.15, -0.1) is 11.3 Å². The summed E-state index contributed by atoms with van der Waals surface area (Å²) in [5, 5.41) is 1.73. The van der Waals surface area contributed by atoms with Gasteiger partial charge in [-0.1, -0.05) is 29.8 Å². The van der Waals surface area contributed by atoms with Crippen molar-refractivity contribution in [3.05, 3.63) is 56.9 Å². The molecule has 0 aliphatic carbocycles. The number of benzene rings is 2. The predicted molar refractivity (Wildman–Crippen MR) is 107 cm³/mol. The minimum atomic E-state index is 0.519. The second-order valence-electron chi connectivity index (χ2n) is 6.04. The van der Waals surface area contributed by atoms with Gasteiger partial charge in [0.2, 0.25) is 0 Å². The van der Waals surface area contributed by atoms with Gasteiger partial charge in [0, 0.05) is 27.6 Å². The number of aryl methyl sites for hydroxylation is 2. The average molecular weight is 373 g/mol. The number of ether oxygens (including phenoxy) is 1. The van der Waals surface area contributed by atoms with Gasteiger partial charge in [0.15, 0.2) is 0 Å². The highest BCUT2D eigenvalue weighted by Gasteiger charge is 2.20. The quantitative estimate of drug-likeness (QED) is 0.655. The van der Waals surface area contributed by atoms with Crippen LogP contribution < -0.4 is 10.5 Å². The summed E-state index contributed by atoms with van der Waals surface area (Å²) in [5.41, 5.74) is 11.8. The van der Waals surface area contributed by atoms with Gasteiger partial charge in [0.05, 0.1) is 12.8 Å². The molecule has 1 aromatic heterocycles. The Balaban J connectivity index is 2.17. The molecule has 0 radical (unpaired) electrons. The van der Waals surface area contributed by atoms with Crippen LogP contribution in [0.5, 0.6) is 5.75 Å². The summed E-state index contributed by atoms with van der Waals surface area (Å²) >= 11 is 8.15. The Morgan fingerprint density at radius 1 is 1.20 bits per heavy atom. The third-order valence-electron chi connectivity index (χ3n) is 4.31. The topological polar surface area (TPSA) is 48.1 Å². The fourth-order valence-electron chi connectivity index (χ4n) is 2.96. The van der Waals surface area contributed by atoms with Crippen molar-refractivity contribution in [2.24, 2.45) is 5.73 Å². The first-order valence-corrected chi connectivity index (χ1v) is 9.26. The minimum absolute atomic E-state index is 0.519. The molecule has 0 saturated heterocycles. The molecule has 3 aromatic rings. The molecule has 25 heavy (non-hydrogen) atoms. The van der Waals surface area contributed by atoms with E-state index < -0.39 is 0 Å². The molecule has 2 aromatic carbocycles. The Bertz CT molecular complexity index is 934. The van der Waals surface area contributed by atoms with E-state index >= 15 is 0 Å². The zero-order chi connectivity index (χ0) is 18.1. The average Bonchev–Trinajstić information content (AvgIpc) is 3.00. The highest BCUT2D eigenvalue weighted by atomic mass is 35.5. The van der Waals surface area contributed by atoms with E-state index in [1.807, 2.05) is 32.0 Å². The van der Waals surface area contributed by atoms with E-state index in [4.69, 9.17) is 27.1 Å². The van der Waals surface area contributed by atoms with E-state index in [1.165, 1.54) is 0 Å². The summed E-state index contributed by atoms with van der Waals surface area (Å²) in [6.45, 7) is 6.60. The first kappa shape index (κ1) is 17.9. The largest absolute Gasteiger partial charge is 0.496 e. The van der Waals surface area contributed by atoms with Crippen LogP contribution in [-0.2, 0) is 6.54 Å². The number of hydrogen-bond donors (Lipinski definition) is 1. The molecular formula is C20H21ClN2OS. The van der Waals surface area contributed by atoms with Gasteiger partial charge < -0.3 is 10.5 Å². The second-order valence-corrected chi connectivity index (χ2v) is 7.62. The molecule has 3 rings (SSSR count). The standard InChI is InChI=1S/C20H21ClN2OS/c1-11-8-16(24-4)17(12(2)18(11)21)19-13(3)25-20(23-19)15-7-5-6-14(9-15)10-22/h5-9H,10,22H2,1-4H3. The number of hydrogen-bond acceptors (Lipinski definition) is 4. The van der Waals surface area contributed by atoms with Gasteiger partial charge in [0.25, 0.3) is 0 Å². The summed E-state index contributed by atoms with van der Waals surface area (Å²) in [5.74, 6) is 0.801. The SMILES string of the molecule is COc1cc(C)c(Cl)c(C)c1-c1nc(-c2cccc(CN)c2)sc1C. The van der Waals surface area contributed by atoms with Crippen LogP contribution >= 0.6 is 22.9 Å². The van der Waals surface area contributed by atoms with Gasteiger partial charge in [-0.3, -0.25) is 0 Å². The van der Waals surface area contributed by atoms with Crippen LogP contribution in [0.1, 0.15) is 21.6 Å². The lowest BCUT2D eigenvalue weighted by Gasteiger charge is -2.14. The zero-order valence-corrected chi connectivity index (χ0v) is 16.4. The van der Waals surface area contributed by atoms with Crippen LogP contribution in [0.25, 0.3) is 21.8 Å². The summed E-state index contributed by atoms with van der Waals surface area (Å²) in [4.78, 5) is 6.04. The van der Waals surface area contributed by atoms with Gasteiger partial charge in [-0.05, 0) is 49.6 Å². The van der Waals surface area contributed by atoms with E-state index in [0.29, 0.717) is 6.54 Å². The van der Waals surface area contributed by atoms with E-state index in [0.717, 1.165) is 54.2 Å². The maximum atomic E-state index is 6.48. The fraction of sp³-hybridized carbons (Fsp3) is 0.250. The fourth-order valence-corrected chi connectivity index (χ4v) is 4.03. The van der Waals surface area contributed by atoms with Crippen LogP contribution in [0.15, 0.2) is 30.3 Å². The molecule has 2 N–H and O–H groups in total. The zero-order valence-electron chi connectivity index (χ0n) is 14.8. The number of aromatic nitrogens is 1. The maximum absolute atomic E-state index is 6.48. The number of nitrogens with two attached hydrogens (primary N) is 1. The molecule has 3 nitrogen and oxygen atoms in total. The molecule has 130 valence electrons. The number of halogens is 1. The van der Waals surface area contributed by atoms with Crippen LogP contribution in [0.2, 0.25) is 5.02 Å². The molecule has 5 heteroatoms. The van der Waals surface area contributed by atoms with Crippen molar-refractivity contribution < 1.29 is 4.74 Å². The highest BCUT2D eigenvalue weighted by molar-refractivity contribution is 7.15. The first-order valence-electron chi connectivity index (χ1n) is 8.07. The Labute approximate surface area is 157 Å². The van der Waals surface area contributed by atoms with Gasteiger partial charge >= 0.3 is 0 Å². The lowest BCUT2D eigenvalue weighted by Crippen LogP contribution is -1.96. The first-order chi connectivity index (χ1) is 12.0. The molecule has 0 aliphatic rings. The summed E-state index contributed by atoms with van der Waals surface area (Å²) in [6.07, 6.45) is 0. The van der Waals surface area contributed by atoms with Crippen molar-refractivity contribution in [3.63, 3.8) is 0 Å². The Morgan fingerprint density at radius 2 is 1.96 bits per heavy atom. The molecule has 0 unspecified atom stereocenters. The number of nitrogens with zero attached hydrogens (tertiary/aromatic N) is 1. The van der Waals surface area contributed by atoms with E-state index in [-0.39, 0.29) is 0 Å². The minimum Gasteiger partial charge on any atom is -0.496 e. The molecule has 0 amide bonds. The van der Waals surface area contributed by atoms with Gasteiger partial charge in [-0.2, -0.15) is 0 Å². The maximum Gasteiger partial charge on any atom is 0.128 e. The number of methoxy groups -OCH3 is 1. The Kier molecular flexibility index (Phi) is 5.13. The molecule has 0 spiro atoms. The van der Waals surface area contributed by atoms with Crippen LogP contribution in [0.3, 0.4) is 0 Å². The van der Waals surface area contributed by atoms with Crippen molar-refractivity contribution in [1.29, 1.82) is 0 Å². The van der Waals surface area contributed by atoms with Crippen molar-refractivity contribution in [3.8, 4) is 27.6 Å². The summed E-state index contributed by atoms with van der Waals surface area (Å²) < 4.78 is 5.61. The highest BCUT2D eigenvalue weighted by Crippen LogP contribution is 2.42. The van der Waals surface area contributed by atoms with Crippen LogP contribution in [0, 0.1) is 20.8 Å². The summed E-state index contributed by atoms with van der Waals surface area (Å²) in [7, 11) is 1.68. The lowest BCUT2D eigenvalue weighted by atomic mass is 10.0. The molecular weight excluding hydrogens is 352 g/mol. The number of rotatable bonds is 4. The second kappa shape index (κ2) is 7.16. The van der Waals surface area contributed by atoms with Crippen molar-refractivity contribution >= 4 is 22.9 Å². The molecule has 0 aliphatic heterocycles. The predicted octanol–water partition coefficient (Wildman–Crippen LogP) is 5.52. The van der Waals surface area contributed by atoms with Gasteiger partial charge in [-0.25, -0.2) is 4.98 Å². The van der Waals surface area contributed by atoms with Crippen molar-refractivity contribution in [1.82, 2.24) is 4.98 Å². The van der Waals surface area contributed by atoms with Crippen molar-refractivity contribution in [2.45, 2.75) is 27.3 Å². The van der Waals surface area contributed by atoms with Crippen molar-refractivity contribution in [2.75, 3.05) is 7.11 Å². The molecule has 1 heterocycles. The Hall–Kier alpha value is -1.88. The molecule has 0 saturated carbocycles. The molecule has 0 atom stereocenters. The molecule has 0 fully saturated rings. The molecule has 0 bridgehead atoms. The third kappa shape index (κ3) is 3.30.